The summed E-state index contributed by atoms with van der Waals surface area (Å²) in [5.74, 6) is -0.688. The SMILES string of the molecule is CCCCCCCCCCCCc1ccc2c(c1)C(=O)c1cc(S(=O)(=O)O)ccc1C2=O.[H-].[Na+]. The number of ketones is 2. The van der Waals surface area contributed by atoms with Gasteiger partial charge in [-0.3, -0.25) is 14.1 Å². The summed E-state index contributed by atoms with van der Waals surface area (Å²) in [6.45, 7) is 2.23. The zero-order valence-electron chi connectivity index (χ0n) is 20.7. The van der Waals surface area contributed by atoms with Crippen LogP contribution in [-0.2, 0) is 16.5 Å². The Hall–Kier alpha value is -1.31. The van der Waals surface area contributed by atoms with Gasteiger partial charge < -0.3 is 1.43 Å². The molecular formula is C26H33NaO5S. The van der Waals surface area contributed by atoms with Crippen LogP contribution in [0.1, 0.15) is 110 Å². The van der Waals surface area contributed by atoms with Crippen LogP contribution in [-0.4, -0.2) is 24.5 Å². The second-order valence-corrected chi connectivity index (χ2v) is 10.1. The first-order valence-electron chi connectivity index (χ1n) is 11.7. The van der Waals surface area contributed by atoms with Gasteiger partial charge in [-0.2, -0.15) is 8.42 Å². The molecule has 1 aliphatic carbocycles. The number of carbonyl (C=O) groups is 2. The maximum atomic E-state index is 13.0. The fourth-order valence-electron chi connectivity index (χ4n) is 4.31. The molecule has 1 aliphatic rings. The molecule has 0 saturated carbocycles. The molecule has 2 aromatic rings. The number of aryl methyl sites for hydroxylation is 1. The molecule has 0 bridgehead atoms. The van der Waals surface area contributed by atoms with E-state index in [1.165, 1.54) is 57.4 Å². The van der Waals surface area contributed by atoms with Gasteiger partial charge in [-0.25, -0.2) is 0 Å². The molecule has 5 nitrogen and oxygen atoms in total. The molecule has 0 aliphatic heterocycles. The molecule has 0 saturated heterocycles. The molecule has 0 aromatic heterocycles. The predicted molar refractivity (Wildman–Crippen MR) is 126 cm³/mol. The topological polar surface area (TPSA) is 88.5 Å². The van der Waals surface area contributed by atoms with Gasteiger partial charge in [-0.15, -0.1) is 0 Å². The van der Waals surface area contributed by atoms with Crippen LogP contribution >= 0.6 is 0 Å². The van der Waals surface area contributed by atoms with Crippen LogP contribution in [0.25, 0.3) is 0 Å². The van der Waals surface area contributed by atoms with E-state index in [1.54, 1.807) is 12.1 Å². The van der Waals surface area contributed by atoms with Crippen LogP contribution in [0.2, 0.25) is 0 Å². The van der Waals surface area contributed by atoms with E-state index < -0.39 is 10.1 Å². The summed E-state index contributed by atoms with van der Waals surface area (Å²) in [6.07, 6.45) is 13.4. The number of rotatable bonds is 12. The van der Waals surface area contributed by atoms with Gasteiger partial charge in [-0.1, -0.05) is 76.8 Å². The molecule has 1 N–H and O–H groups in total. The normalized spacial score (nSPS) is 12.8. The third-order valence-corrected chi connectivity index (χ3v) is 7.02. The fraction of sp³-hybridized carbons (Fsp3) is 0.462. The molecule has 0 atom stereocenters. The van der Waals surface area contributed by atoms with E-state index in [0.717, 1.165) is 37.0 Å². The van der Waals surface area contributed by atoms with E-state index in [0.29, 0.717) is 11.1 Å². The smallest absolute Gasteiger partial charge is 1.00 e. The van der Waals surface area contributed by atoms with Gasteiger partial charge >= 0.3 is 29.6 Å². The molecule has 0 unspecified atom stereocenters. The average Bonchev–Trinajstić information content (AvgIpc) is 2.77. The first-order valence-corrected chi connectivity index (χ1v) is 13.1. The standard InChI is InChI=1S/C26H32O5S.Na.H/c1-2-3-4-5-6-7-8-9-10-11-12-19-13-15-21-23(17-19)26(28)24-18-20(32(29,30)31)14-16-22(24)25(21)27;;/h13-18H,2-12H2,1H3,(H,29,30,31);;/q;+1;-1. The Bertz CT molecular complexity index is 1100. The molecule has 0 radical (unpaired) electrons. The van der Waals surface area contributed by atoms with Gasteiger partial charge in [0.2, 0.25) is 0 Å². The quantitative estimate of drug-likeness (QED) is 0.244. The largest absolute Gasteiger partial charge is 1.00 e. The van der Waals surface area contributed by atoms with E-state index in [-0.39, 0.29) is 58.6 Å². The number of benzene rings is 2. The van der Waals surface area contributed by atoms with E-state index in [9.17, 15) is 22.6 Å². The Morgan fingerprint density at radius 3 is 1.76 bits per heavy atom. The molecular weight excluding hydrogens is 447 g/mol. The van der Waals surface area contributed by atoms with Crippen molar-refractivity contribution < 1.29 is 53.5 Å². The average molecular weight is 481 g/mol. The molecule has 33 heavy (non-hydrogen) atoms. The third-order valence-electron chi connectivity index (χ3n) is 6.17. The zero-order valence-corrected chi connectivity index (χ0v) is 22.5. The first-order chi connectivity index (χ1) is 15.3. The van der Waals surface area contributed by atoms with Crippen LogP contribution in [0.4, 0.5) is 0 Å². The maximum absolute atomic E-state index is 13.0. The molecule has 174 valence electrons. The molecule has 0 amide bonds. The van der Waals surface area contributed by atoms with Crippen molar-refractivity contribution in [3.63, 3.8) is 0 Å². The molecule has 0 spiro atoms. The van der Waals surface area contributed by atoms with Crippen molar-refractivity contribution in [2.24, 2.45) is 0 Å². The van der Waals surface area contributed by atoms with Gasteiger partial charge in [0, 0.05) is 22.3 Å². The monoisotopic (exact) mass is 480 g/mol. The van der Waals surface area contributed by atoms with Crippen LogP contribution in [0.3, 0.4) is 0 Å². The number of hydrogen-bond acceptors (Lipinski definition) is 4. The molecule has 7 heteroatoms. The van der Waals surface area contributed by atoms with Crippen molar-refractivity contribution in [2.45, 2.75) is 82.4 Å². The minimum Gasteiger partial charge on any atom is -1.00 e. The Morgan fingerprint density at radius 1 is 0.697 bits per heavy atom. The Balaban J connectivity index is 0.00000289. The van der Waals surface area contributed by atoms with E-state index in [4.69, 9.17) is 0 Å². The van der Waals surface area contributed by atoms with Crippen molar-refractivity contribution >= 4 is 21.7 Å². The summed E-state index contributed by atoms with van der Waals surface area (Å²) in [4.78, 5) is 25.4. The van der Waals surface area contributed by atoms with Gasteiger partial charge in [-0.05, 0) is 42.7 Å². The van der Waals surface area contributed by atoms with Crippen molar-refractivity contribution in [2.75, 3.05) is 0 Å². The van der Waals surface area contributed by atoms with Crippen LogP contribution in [0, 0.1) is 0 Å². The third kappa shape index (κ3) is 7.33. The summed E-state index contributed by atoms with van der Waals surface area (Å²) in [5, 5.41) is 0. The van der Waals surface area contributed by atoms with E-state index >= 15 is 0 Å². The fourth-order valence-corrected chi connectivity index (χ4v) is 4.82. The second-order valence-electron chi connectivity index (χ2n) is 8.65. The van der Waals surface area contributed by atoms with Crippen molar-refractivity contribution in [3.8, 4) is 0 Å². The Kier molecular flexibility index (Phi) is 11.0. The summed E-state index contributed by atoms with van der Waals surface area (Å²) in [5.41, 5.74) is 1.83. The van der Waals surface area contributed by atoms with Gasteiger partial charge in [0.15, 0.2) is 11.6 Å². The first kappa shape index (κ1) is 27.9. The van der Waals surface area contributed by atoms with Crippen molar-refractivity contribution in [1.29, 1.82) is 0 Å². The van der Waals surface area contributed by atoms with Crippen molar-refractivity contribution in [1.82, 2.24) is 0 Å². The molecule has 2 aromatic carbocycles. The van der Waals surface area contributed by atoms with Gasteiger partial charge in [0.1, 0.15) is 0 Å². The number of fused-ring (bicyclic) bond motifs is 2. The van der Waals surface area contributed by atoms with Crippen LogP contribution in [0.5, 0.6) is 0 Å². The van der Waals surface area contributed by atoms with E-state index in [1.807, 2.05) is 6.07 Å². The second kappa shape index (κ2) is 13.0. The number of unbranched alkanes of at least 4 members (excludes halogenated alkanes) is 9. The summed E-state index contributed by atoms with van der Waals surface area (Å²) < 4.78 is 32.2. The summed E-state index contributed by atoms with van der Waals surface area (Å²) in [6, 6.07) is 8.87. The van der Waals surface area contributed by atoms with Gasteiger partial charge in [0.25, 0.3) is 10.1 Å². The molecule has 0 fully saturated rings. The molecule has 0 heterocycles. The predicted octanol–water partition coefficient (Wildman–Crippen LogP) is 3.29. The summed E-state index contributed by atoms with van der Waals surface area (Å²) >= 11 is 0. The maximum Gasteiger partial charge on any atom is 1.00 e. The van der Waals surface area contributed by atoms with Gasteiger partial charge in [0.05, 0.1) is 4.90 Å². The molecule has 3 rings (SSSR count). The minimum atomic E-state index is -4.45. The summed E-state index contributed by atoms with van der Waals surface area (Å²) in [7, 11) is -4.45. The zero-order chi connectivity index (χ0) is 23.1. The number of carbonyl (C=O) groups excluding carboxylic acids is 2. The minimum absolute atomic E-state index is 0. The number of hydrogen-bond donors (Lipinski definition) is 1. The van der Waals surface area contributed by atoms with E-state index in [2.05, 4.69) is 6.92 Å². The van der Waals surface area contributed by atoms with Crippen LogP contribution < -0.4 is 29.6 Å². The Labute approximate surface area is 220 Å². The Morgan fingerprint density at radius 2 is 1.18 bits per heavy atom. The van der Waals surface area contributed by atoms with Crippen LogP contribution in [0.15, 0.2) is 41.3 Å². The van der Waals surface area contributed by atoms with Crippen molar-refractivity contribution in [3.05, 3.63) is 64.2 Å².